The zero-order valence-corrected chi connectivity index (χ0v) is 10.5. The van der Waals surface area contributed by atoms with Crippen molar-refractivity contribution in [1.29, 1.82) is 0 Å². The number of hydrogen-bond acceptors (Lipinski definition) is 4. The number of aromatic nitrogens is 2. The standard InChI is InChI=1S/C11H23N5/c1-15(2)7-6-11(14-12)5-4-10-8-13-16(3)9-10/h8-9,11,14H,4-7,12H2,1-3H3. The molecule has 1 rings (SSSR count). The molecule has 0 aliphatic rings. The Morgan fingerprint density at radius 3 is 2.75 bits per heavy atom. The van der Waals surface area contributed by atoms with Gasteiger partial charge in [-0.05, 0) is 45.5 Å². The molecule has 1 unspecified atom stereocenters. The van der Waals surface area contributed by atoms with E-state index in [4.69, 9.17) is 5.84 Å². The fraction of sp³-hybridized carbons (Fsp3) is 0.727. The summed E-state index contributed by atoms with van der Waals surface area (Å²) in [4.78, 5) is 2.18. The van der Waals surface area contributed by atoms with Crippen molar-refractivity contribution < 1.29 is 0 Å². The Morgan fingerprint density at radius 1 is 1.50 bits per heavy atom. The topological polar surface area (TPSA) is 59.1 Å². The van der Waals surface area contributed by atoms with Crippen LogP contribution in [0.4, 0.5) is 0 Å². The van der Waals surface area contributed by atoms with Crippen LogP contribution in [0, 0.1) is 0 Å². The third-order valence-corrected chi connectivity index (χ3v) is 2.70. The number of aryl methyl sites for hydroxylation is 2. The van der Waals surface area contributed by atoms with E-state index in [2.05, 4.69) is 35.7 Å². The summed E-state index contributed by atoms with van der Waals surface area (Å²) in [5.74, 6) is 5.54. The van der Waals surface area contributed by atoms with E-state index in [0.29, 0.717) is 6.04 Å². The van der Waals surface area contributed by atoms with Crippen LogP contribution >= 0.6 is 0 Å². The molecular formula is C11H23N5. The fourth-order valence-electron chi connectivity index (χ4n) is 1.67. The van der Waals surface area contributed by atoms with Crippen molar-refractivity contribution in [3.05, 3.63) is 18.0 Å². The van der Waals surface area contributed by atoms with Gasteiger partial charge >= 0.3 is 0 Å². The Kier molecular flexibility index (Phi) is 5.45. The zero-order valence-electron chi connectivity index (χ0n) is 10.5. The molecule has 3 N–H and O–H groups in total. The number of hydrazine groups is 1. The quantitative estimate of drug-likeness (QED) is 0.512. The van der Waals surface area contributed by atoms with Crippen LogP contribution in [0.3, 0.4) is 0 Å². The molecule has 1 heterocycles. The van der Waals surface area contributed by atoms with Gasteiger partial charge in [-0.25, -0.2) is 0 Å². The summed E-state index contributed by atoms with van der Waals surface area (Å²) >= 11 is 0. The smallest absolute Gasteiger partial charge is 0.0521 e. The van der Waals surface area contributed by atoms with Crippen molar-refractivity contribution >= 4 is 0 Å². The predicted octanol–water partition coefficient (Wildman–Crippen LogP) is 0.136. The van der Waals surface area contributed by atoms with E-state index in [1.54, 1.807) is 0 Å². The molecule has 0 radical (unpaired) electrons. The van der Waals surface area contributed by atoms with E-state index in [0.717, 1.165) is 25.8 Å². The second-order valence-corrected chi connectivity index (χ2v) is 4.52. The molecule has 0 fully saturated rings. The summed E-state index contributed by atoms with van der Waals surface area (Å²) in [6, 6.07) is 0.377. The van der Waals surface area contributed by atoms with Crippen molar-refractivity contribution in [2.45, 2.75) is 25.3 Å². The maximum Gasteiger partial charge on any atom is 0.0521 e. The molecule has 0 bridgehead atoms. The lowest BCUT2D eigenvalue weighted by molar-refractivity contribution is 0.351. The average Bonchev–Trinajstić information content (AvgIpc) is 2.64. The van der Waals surface area contributed by atoms with Gasteiger partial charge in [0.25, 0.3) is 0 Å². The van der Waals surface area contributed by atoms with Gasteiger partial charge in [-0.1, -0.05) is 0 Å². The minimum Gasteiger partial charge on any atom is -0.309 e. The number of nitrogens with zero attached hydrogens (tertiary/aromatic N) is 3. The first-order valence-corrected chi connectivity index (χ1v) is 5.70. The van der Waals surface area contributed by atoms with Crippen molar-refractivity contribution in [2.24, 2.45) is 12.9 Å². The minimum absolute atomic E-state index is 0.377. The van der Waals surface area contributed by atoms with Crippen molar-refractivity contribution in [2.75, 3.05) is 20.6 Å². The second-order valence-electron chi connectivity index (χ2n) is 4.52. The van der Waals surface area contributed by atoms with E-state index < -0.39 is 0 Å². The van der Waals surface area contributed by atoms with Gasteiger partial charge in [0, 0.05) is 19.3 Å². The second kappa shape index (κ2) is 6.62. The number of rotatable bonds is 7. The molecule has 1 atom stereocenters. The lowest BCUT2D eigenvalue weighted by atomic mass is 10.1. The molecule has 16 heavy (non-hydrogen) atoms. The van der Waals surface area contributed by atoms with Crippen molar-refractivity contribution in [3.8, 4) is 0 Å². The van der Waals surface area contributed by atoms with E-state index in [1.807, 2.05) is 17.9 Å². The highest BCUT2D eigenvalue weighted by Crippen LogP contribution is 2.06. The van der Waals surface area contributed by atoms with E-state index in [1.165, 1.54) is 5.56 Å². The lowest BCUT2D eigenvalue weighted by Gasteiger charge is -2.17. The molecule has 5 heteroatoms. The Labute approximate surface area is 97.6 Å². The van der Waals surface area contributed by atoms with Crippen LogP contribution in [0.1, 0.15) is 18.4 Å². The molecule has 0 aromatic carbocycles. The van der Waals surface area contributed by atoms with Gasteiger partial charge in [0.2, 0.25) is 0 Å². The highest BCUT2D eigenvalue weighted by molar-refractivity contribution is 5.03. The fourth-order valence-corrected chi connectivity index (χ4v) is 1.67. The first-order valence-electron chi connectivity index (χ1n) is 5.70. The molecule has 0 aliphatic heterocycles. The molecule has 0 saturated heterocycles. The SMILES string of the molecule is CN(C)CCC(CCc1cnn(C)c1)NN. The molecule has 92 valence electrons. The lowest BCUT2D eigenvalue weighted by Crippen LogP contribution is -2.37. The molecule has 0 amide bonds. The summed E-state index contributed by atoms with van der Waals surface area (Å²) in [7, 11) is 6.09. The van der Waals surface area contributed by atoms with Crippen LogP contribution in [-0.2, 0) is 13.5 Å². The van der Waals surface area contributed by atoms with Gasteiger partial charge in [-0.15, -0.1) is 0 Å². The molecule has 0 saturated carbocycles. The zero-order chi connectivity index (χ0) is 12.0. The van der Waals surface area contributed by atoms with Crippen LogP contribution in [-0.4, -0.2) is 41.4 Å². The molecule has 0 spiro atoms. The molecule has 1 aromatic heterocycles. The predicted molar refractivity (Wildman–Crippen MR) is 65.8 cm³/mol. The largest absolute Gasteiger partial charge is 0.309 e. The van der Waals surface area contributed by atoms with Crippen LogP contribution < -0.4 is 11.3 Å². The Bertz CT molecular complexity index is 294. The third-order valence-electron chi connectivity index (χ3n) is 2.70. The normalized spacial score (nSPS) is 13.3. The highest BCUT2D eigenvalue weighted by Gasteiger charge is 2.07. The molecule has 1 aromatic rings. The summed E-state index contributed by atoms with van der Waals surface area (Å²) < 4.78 is 1.83. The van der Waals surface area contributed by atoms with Gasteiger partial charge in [0.05, 0.1) is 6.20 Å². The van der Waals surface area contributed by atoms with Gasteiger partial charge in [-0.2, -0.15) is 5.10 Å². The summed E-state index contributed by atoms with van der Waals surface area (Å²) in [5.41, 5.74) is 4.15. The van der Waals surface area contributed by atoms with Crippen LogP contribution in [0.15, 0.2) is 12.4 Å². The third kappa shape index (κ3) is 4.74. The molecule has 0 aliphatic carbocycles. The van der Waals surface area contributed by atoms with Crippen molar-refractivity contribution in [3.63, 3.8) is 0 Å². The number of nitrogens with two attached hydrogens (primary N) is 1. The van der Waals surface area contributed by atoms with Crippen LogP contribution in [0.5, 0.6) is 0 Å². The first-order chi connectivity index (χ1) is 7.61. The minimum atomic E-state index is 0.377. The van der Waals surface area contributed by atoms with Gasteiger partial charge < -0.3 is 4.90 Å². The Morgan fingerprint density at radius 2 is 2.25 bits per heavy atom. The maximum atomic E-state index is 5.54. The van der Waals surface area contributed by atoms with Gasteiger partial charge in [0.15, 0.2) is 0 Å². The highest BCUT2D eigenvalue weighted by atomic mass is 15.2. The molecule has 5 nitrogen and oxygen atoms in total. The maximum absolute atomic E-state index is 5.54. The van der Waals surface area contributed by atoms with E-state index in [-0.39, 0.29) is 0 Å². The summed E-state index contributed by atoms with van der Waals surface area (Å²) in [5, 5.41) is 4.15. The summed E-state index contributed by atoms with van der Waals surface area (Å²) in [6.45, 7) is 1.06. The summed E-state index contributed by atoms with van der Waals surface area (Å²) in [6.07, 6.45) is 7.12. The van der Waals surface area contributed by atoms with Gasteiger partial charge in [0.1, 0.15) is 0 Å². The molecular weight excluding hydrogens is 202 g/mol. The monoisotopic (exact) mass is 225 g/mol. The number of hydrogen-bond donors (Lipinski definition) is 2. The average molecular weight is 225 g/mol. The Balaban J connectivity index is 2.28. The van der Waals surface area contributed by atoms with Crippen LogP contribution in [0.2, 0.25) is 0 Å². The first kappa shape index (κ1) is 13.2. The Hall–Kier alpha value is -0.910. The van der Waals surface area contributed by atoms with E-state index in [9.17, 15) is 0 Å². The number of nitrogens with one attached hydrogen (secondary N) is 1. The van der Waals surface area contributed by atoms with Gasteiger partial charge in [-0.3, -0.25) is 16.0 Å². The van der Waals surface area contributed by atoms with Crippen molar-refractivity contribution in [1.82, 2.24) is 20.1 Å². The van der Waals surface area contributed by atoms with Crippen LogP contribution in [0.25, 0.3) is 0 Å². The van der Waals surface area contributed by atoms with E-state index >= 15 is 0 Å².